The Morgan fingerprint density at radius 1 is 1.16 bits per heavy atom. The van der Waals surface area contributed by atoms with Crippen LogP contribution in [0.2, 0.25) is 0 Å². The van der Waals surface area contributed by atoms with Crippen molar-refractivity contribution in [2.75, 3.05) is 7.05 Å². The molecule has 1 aromatic carbocycles. The number of nitrogens with two attached hydrogens (primary N) is 1. The second-order valence-electron chi connectivity index (χ2n) is 6.18. The summed E-state index contributed by atoms with van der Waals surface area (Å²) in [5, 5.41) is 9.36. The minimum absolute atomic E-state index is 0.337. The Balaban J connectivity index is 1.75. The molecule has 0 saturated heterocycles. The zero-order valence-corrected chi connectivity index (χ0v) is 14.4. The van der Waals surface area contributed by atoms with Crippen LogP contribution in [0.4, 0.5) is 0 Å². The molecule has 4 rings (SSSR count). The molecule has 0 spiro atoms. The first kappa shape index (κ1) is 15.7. The van der Waals surface area contributed by atoms with Gasteiger partial charge < -0.3 is 5.73 Å². The lowest BCUT2D eigenvalue weighted by atomic mass is 10.1. The third-order valence-corrected chi connectivity index (χ3v) is 4.89. The standard InChI is InChI=1S/C17H17ClN7/c1-25(10-13-5-2-4-12-6-3-7-20-15(12)13)11-14(19)23-17(16(25)18)24-21-8-9-22-24/h2-9,11,16H,10,19H2,1H3/q+1. The lowest BCUT2D eigenvalue weighted by Gasteiger charge is -2.37. The summed E-state index contributed by atoms with van der Waals surface area (Å²) in [6, 6.07) is 10.1. The van der Waals surface area contributed by atoms with Crippen LogP contribution >= 0.6 is 11.6 Å². The quantitative estimate of drug-likeness (QED) is 0.434. The van der Waals surface area contributed by atoms with Gasteiger partial charge in [-0.15, -0.1) is 4.80 Å². The molecule has 8 heteroatoms. The number of aliphatic imine (C=N–C) groups is 1. The summed E-state index contributed by atoms with van der Waals surface area (Å²) in [5.74, 6) is 0.891. The molecule has 2 N–H and O–H groups in total. The fourth-order valence-electron chi connectivity index (χ4n) is 3.11. The zero-order chi connectivity index (χ0) is 17.4. The van der Waals surface area contributed by atoms with Crippen molar-refractivity contribution in [3.05, 3.63) is 66.5 Å². The summed E-state index contributed by atoms with van der Waals surface area (Å²) < 4.78 is 0.337. The smallest absolute Gasteiger partial charge is 0.231 e. The predicted molar refractivity (Wildman–Crippen MR) is 96.4 cm³/mol. The average Bonchev–Trinajstić information content (AvgIpc) is 3.13. The molecule has 3 heterocycles. The Hall–Kier alpha value is -2.77. The van der Waals surface area contributed by atoms with Gasteiger partial charge in [0.2, 0.25) is 11.3 Å². The molecule has 2 aromatic heterocycles. The zero-order valence-electron chi connectivity index (χ0n) is 13.6. The van der Waals surface area contributed by atoms with Crippen molar-refractivity contribution in [2.24, 2.45) is 10.7 Å². The van der Waals surface area contributed by atoms with Crippen LogP contribution in [-0.4, -0.2) is 42.8 Å². The van der Waals surface area contributed by atoms with E-state index >= 15 is 0 Å². The maximum atomic E-state index is 6.77. The van der Waals surface area contributed by atoms with Crippen LogP contribution in [0.25, 0.3) is 10.9 Å². The van der Waals surface area contributed by atoms with Crippen LogP contribution in [0, 0.1) is 0 Å². The van der Waals surface area contributed by atoms with Gasteiger partial charge in [0.15, 0.2) is 5.82 Å². The normalized spacial score (nSPS) is 23.4. The number of quaternary nitrogens is 1. The van der Waals surface area contributed by atoms with E-state index in [-0.39, 0.29) is 0 Å². The molecule has 0 amide bonds. The minimum Gasteiger partial charge on any atom is -0.379 e. The number of hydrogen-bond donors (Lipinski definition) is 1. The second kappa shape index (κ2) is 5.94. The van der Waals surface area contributed by atoms with Crippen molar-refractivity contribution < 1.29 is 4.48 Å². The largest absolute Gasteiger partial charge is 0.379 e. The second-order valence-corrected chi connectivity index (χ2v) is 6.59. The van der Waals surface area contributed by atoms with Gasteiger partial charge in [-0.05, 0) is 17.7 Å². The van der Waals surface area contributed by atoms with Gasteiger partial charge in [0.05, 0.1) is 25.0 Å². The van der Waals surface area contributed by atoms with E-state index < -0.39 is 5.50 Å². The number of fused-ring (bicyclic) bond motifs is 1. The highest BCUT2D eigenvalue weighted by molar-refractivity contribution is 6.30. The fourth-order valence-corrected chi connectivity index (χ4v) is 3.37. The highest BCUT2D eigenvalue weighted by Gasteiger charge is 2.40. The summed E-state index contributed by atoms with van der Waals surface area (Å²) in [6.07, 6.45) is 6.82. The van der Waals surface area contributed by atoms with Gasteiger partial charge in [0, 0.05) is 17.1 Å². The molecule has 7 nitrogen and oxygen atoms in total. The Kier molecular flexibility index (Phi) is 3.74. The number of halogens is 1. The first-order chi connectivity index (χ1) is 12.1. The summed E-state index contributed by atoms with van der Waals surface area (Å²) >= 11 is 6.77. The first-order valence-electron chi connectivity index (χ1n) is 7.82. The number of hydrogen-bond acceptors (Lipinski definition) is 5. The molecule has 1 aliphatic heterocycles. The number of para-hydroxylation sites is 1. The number of aromatic nitrogens is 4. The summed E-state index contributed by atoms with van der Waals surface area (Å²) in [4.78, 5) is 10.3. The van der Waals surface area contributed by atoms with Crippen molar-refractivity contribution in [3.8, 4) is 0 Å². The van der Waals surface area contributed by atoms with E-state index in [2.05, 4.69) is 26.2 Å². The van der Waals surface area contributed by atoms with Gasteiger partial charge >= 0.3 is 0 Å². The van der Waals surface area contributed by atoms with Gasteiger partial charge in [-0.3, -0.25) is 9.47 Å². The Morgan fingerprint density at radius 2 is 1.92 bits per heavy atom. The molecule has 0 saturated carbocycles. The highest BCUT2D eigenvalue weighted by atomic mass is 35.5. The van der Waals surface area contributed by atoms with Gasteiger partial charge in [-0.2, -0.15) is 10.2 Å². The topological polar surface area (TPSA) is 82.0 Å². The van der Waals surface area contributed by atoms with Crippen molar-refractivity contribution in [2.45, 2.75) is 12.0 Å². The third kappa shape index (κ3) is 2.77. The number of nitrogens with zero attached hydrogens (tertiary/aromatic N) is 6. The molecule has 1 aliphatic rings. The lowest BCUT2D eigenvalue weighted by Crippen LogP contribution is -2.53. The van der Waals surface area contributed by atoms with E-state index in [0.29, 0.717) is 22.7 Å². The Morgan fingerprint density at radius 3 is 2.72 bits per heavy atom. The lowest BCUT2D eigenvalue weighted by molar-refractivity contribution is -0.876. The van der Waals surface area contributed by atoms with Crippen molar-refractivity contribution in [1.82, 2.24) is 20.0 Å². The van der Waals surface area contributed by atoms with Crippen LogP contribution < -0.4 is 5.73 Å². The highest BCUT2D eigenvalue weighted by Crippen LogP contribution is 2.28. The summed E-state index contributed by atoms with van der Waals surface area (Å²) in [7, 11) is 2.00. The number of benzene rings is 1. The molecular formula is C17H17ClN7+. The molecule has 0 fully saturated rings. The van der Waals surface area contributed by atoms with E-state index in [1.54, 1.807) is 18.6 Å². The number of alkyl halides is 1. The van der Waals surface area contributed by atoms with Gasteiger partial charge in [-0.1, -0.05) is 24.3 Å². The van der Waals surface area contributed by atoms with Crippen LogP contribution in [0.15, 0.2) is 65.9 Å². The van der Waals surface area contributed by atoms with Crippen molar-refractivity contribution >= 4 is 28.3 Å². The molecule has 0 bridgehead atoms. The Bertz CT molecular complexity index is 974. The SMILES string of the molecule is C[N+]1(Cc2cccc3cccnc23)C=C(N)N=C(n2nccn2)C1Cl. The predicted octanol–water partition coefficient (Wildman–Crippen LogP) is 2.06. The summed E-state index contributed by atoms with van der Waals surface area (Å²) in [5.41, 5.74) is 7.61. The summed E-state index contributed by atoms with van der Waals surface area (Å²) in [6.45, 7) is 0.615. The third-order valence-electron chi connectivity index (χ3n) is 4.25. The molecule has 2 unspecified atom stereocenters. The van der Waals surface area contributed by atoms with Crippen LogP contribution in [-0.2, 0) is 6.54 Å². The maximum Gasteiger partial charge on any atom is 0.231 e. The van der Waals surface area contributed by atoms with E-state index in [0.717, 1.165) is 16.5 Å². The molecule has 0 radical (unpaired) electrons. The first-order valence-corrected chi connectivity index (χ1v) is 8.26. The van der Waals surface area contributed by atoms with Crippen LogP contribution in [0.1, 0.15) is 5.56 Å². The average molecular weight is 355 g/mol. The molecule has 0 aliphatic carbocycles. The molecule has 2 atom stereocenters. The molecule has 25 heavy (non-hydrogen) atoms. The number of pyridine rings is 1. The number of likely N-dealkylation sites (N-methyl/N-ethyl adjacent to an activating group) is 1. The van der Waals surface area contributed by atoms with E-state index in [1.165, 1.54) is 4.80 Å². The molecule has 3 aromatic rings. The van der Waals surface area contributed by atoms with E-state index in [4.69, 9.17) is 17.3 Å². The van der Waals surface area contributed by atoms with Gasteiger partial charge in [-0.25, -0.2) is 4.99 Å². The molecular weight excluding hydrogens is 338 g/mol. The van der Waals surface area contributed by atoms with Crippen LogP contribution in [0.3, 0.4) is 0 Å². The number of rotatable bonds is 2. The van der Waals surface area contributed by atoms with Crippen molar-refractivity contribution in [3.63, 3.8) is 0 Å². The Labute approximate surface area is 149 Å². The van der Waals surface area contributed by atoms with Gasteiger partial charge in [0.1, 0.15) is 12.7 Å². The van der Waals surface area contributed by atoms with Crippen LogP contribution in [0.5, 0.6) is 0 Å². The maximum absolute atomic E-state index is 6.77. The van der Waals surface area contributed by atoms with E-state index in [1.807, 2.05) is 37.5 Å². The minimum atomic E-state index is -0.487. The van der Waals surface area contributed by atoms with Crippen molar-refractivity contribution in [1.29, 1.82) is 0 Å². The van der Waals surface area contributed by atoms with Gasteiger partial charge in [0.25, 0.3) is 0 Å². The fraction of sp³-hybridized carbons (Fsp3) is 0.176. The van der Waals surface area contributed by atoms with E-state index in [9.17, 15) is 0 Å². The monoisotopic (exact) mass is 354 g/mol. The molecule has 126 valence electrons.